The van der Waals surface area contributed by atoms with Crippen molar-refractivity contribution in [1.29, 1.82) is 0 Å². The van der Waals surface area contributed by atoms with Crippen molar-refractivity contribution in [3.8, 4) is 11.6 Å². The summed E-state index contributed by atoms with van der Waals surface area (Å²) >= 11 is 0. The van der Waals surface area contributed by atoms with Crippen LogP contribution in [0.4, 0.5) is 0 Å². The molecule has 11 nitrogen and oxygen atoms in total. The third-order valence-electron chi connectivity index (χ3n) is 10.6. The molecule has 1 aromatic carbocycles. The molecule has 2 aliphatic carbocycles. The van der Waals surface area contributed by atoms with Gasteiger partial charge in [-0.15, -0.1) is 0 Å². The van der Waals surface area contributed by atoms with Crippen molar-refractivity contribution in [2.24, 2.45) is 28.9 Å². The third kappa shape index (κ3) is 6.90. The summed E-state index contributed by atoms with van der Waals surface area (Å²) in [5.41, 5.74) is 5.50. The van der Waals surface area contributed by atoms with Crippen LogP contribution in [-0.2, 0) is 24.4 Å². The predicted molar refractivity (Wildman–Crippen MR) is 177 cm³/mol. The van der Waals surface area contributed by atoms with Crippen LogP contribution in [0.3, 0.4) is 0 Å². The molecule has 0 spiro atoms. The van der Waals surface area contributed by atoms with Gasteiger partial charge in [-0.25, -0.2) is 13.4 Å². The van der Waals surface area contributed by atoms with Gasteiger partial charge in [-0.2, -0.15) is 0 Å². The van der Waals surface area contributed by atoms with Crippen LogP contribution in [0.2, 0.25) is 0 Å². The molecule has 12 heteroatoms. The molecule has 0 bridgehead atoms. The highest BCUT2D eigenvalue weighted by atomic mass is 32.2. The molecule has 0 radical (unpaired) electrons. The predicted octanol–water partition coefficient (Wildman–Crippen LogP) is 3.90. The Morgan fingerprint density at radius 2 is 1.96 bits per heavy atom. The van der Waals surface area contributed by atoms with E-state index in [0.717, 1.165) is 36.5 Å². The van der Waals surface area contributed by atoms with E-state index in [9.17, 15) is 22.8 Å². The lowest BCUT2D eigenvalue weighted by Crippen LogP contribution is -2.52. The molecule has 47 heavy (non-hydrogen) atoms. The number of rotatable bonds is 7. The van der Waals surface area contributed by atoms with Gasteiger partial charge >= 0.3 is 0 Å². The number of benzene rings is 1. The Hall–Kier alpha value is -3.51. The van der Waals surface area contributed by atoms with Crippen molar-refractivity contribution in [2.45, 2.75) is 95.1 Å². The molecule has 0 unspecified atom stereocenters. The number of methoxy groups -OCH3 is 1. The summed E-state index contributed by atoms with van der Waals surface area (Å²) in [4.78, 5) is 48.0. The number of nitrogens with zero attached hydrogens (tertiary/aromatic N) is 2. The van der Waals surface area contributed by atoms with Crippen molar-refractivity contribution in [3.05, 3.63) is 42.6 Å². The summed E-state index contributed by atoms with van der Waals surface area (Å²) in [6, 6.07) is 5.76. The van der Waals surface area contributed by atoms with E-state index < -0.39 is 44.8 Å². The zero-order chi connectivity index (χ0) is 33.5. The number of nitrogens with two attached hydrogens (primary N) is 1. The number of amides is 2. The number of pyridine rings is 1. The summed E-state index contributed by atoms with van der Waals surface area (Å²) in [6.45, 7) is 4.33. The van der Waals surface area contributed by atoms with E-state index in [1.54, 1.807) is 18.2 Å². The van der Waals surface area contributed by atoms with Gasteiger partial charge in [0.25, 0.3) is 0 Å². The molecule has 3 heterocycles. The first-order valence-electron chi connectivity index (χ1n) is 16.9. The Balaban J connectivity index is 1.30. The molecule has 2 saturated carbocycles. The maximum Gasteiger partial charge on any atom is 0.240 e. The van der Waals surface area contributed by atoms with E-state index in [-0.39, 0.29) is 42.9 Å². The monoisotopic (exact) mass is 666 g/mol. The smallest absolute Gasteiger partial charge is 0.240 e. The number of hydrogen-bond donors (Lipinski definition) is 2. The number of carbonyl (C=O) groups is 3. The van der Waals surface area contributed by atoms with Crippen molar-refractivity contribution >= 4 is 38.4 Å². The van der Waals surface area contributed by atoms with Crippen molar-refractivity contribution < 1.29 is 32.3 Å². The zero-order valence-electron chi connectivity index (χ0n) is 27.4. The lowest BCUT2D eigenvalue weighted by molar-refractivity contribution is -0.141. The van der Waals surface area contributed by atoms with Crippen LogP contribution in [0.1, 0.15) is 71.6 Å². The standard InChI is InChI=1S/C35H46N4O7S/c1-4-22-15-21(2)7-5-6-8-24-18-35(24,34(42)38-47(43,44)27-10-11-27)19-30(40)29-17-26(20-39(29)33(41)31(22)36)46-32-28-12-9-25(45-3)16-23(28)13-14-37-32/h6,8-9,12-14,16,21-22,24,26-27,29,31H,4-5,7,10-11,15,17-20,36H2,1-3H3,(H,38,42)/b8-6-/t21-,22-,24-,26-,29+,31+,35-/m1/s1. The summed E-state index contributed by atoms with van der Waals surface area (Å²) in [6.07, 6.45) is 9.73. The van der Waals surface area contributed by atoms with E-state index in [1.807, 2.05) is 43.3 Å². The molecule has 2 aromatic rings. The molecule has 6 rings (SSSR count). The van der Waals surface area contributed by atoms with Crippen LogP contribution in [-0.4, -0.2) is 73.0 Å². The van der Waals surface area contributed by atoms with Crippen LogP contribution in [0.5, 0.6) is 11.6 Å². The molecular weight excluding hydrogens is 620 g/mol. The minimum atomic E-state index is -3.80. The Morgan fingerprint density at radius 1 is 1.17 bits per heavy atom. The van der Waals surface area contributed by atoms with Crippen LogP contribution in [0.15, 0.2) is 42.6 Å². The second kappa shape index (κ2) is 13.2. The average molecular weight is 667 g/mol. The fraction of sp³-hybridized carbons (Fsp3) is 0.600. The number of Topliss-reactive ketones (excluding diaryl/α,β-unsaturated/α-hetero) is 1. The highest BCUT2D eigenvalue weighted by Gasteiger charge is 2.61. The van der Waals surface area contributed by atoms with Gasteiger partial charge in [-0.1, -0.05) is 32.4 Å². The van der Waals surface area contributed by atoms with E-state index in [0.29, 0.717) is 36.8 Å². The molecule has 1 saturated heterocycles. The van der Waals surface area contributed by atoms with E-state index >= 15 is 0 Å². The van der Waals surface area contributed by atoms with Gasteiger partial charge in [0.05, 0.1) is 36.4 Å². The number of nitrogens with one attached hydrogen (secondary N) is 1. The Kier molecular flexibility index (Phi) is 9.37. The molecule has 3 N–H and O–H groups in total. The van der Waals surface area contributed by atoms with Gasteiger partial charge < -0.3 is 20.1 Å². The number of hydrogen-bond acceptors (Lipinski definition) is 9. The van der Waals surface area contributed by atoms with Crippen LogP contribution in [0.25, 0.3) is 10.8 Å². The van der Waals surface area contributed by atoms with Crippen LogP contribution < -0.4 is 19.9 Å². The van der Waals surface area contributed by atoms with Crippen LogP contribution >= 0.6 is 0 Å². The quantitative estimate of drug-likeness (QED) is 0.418. The van der Waals surface area contributed by atoms with Crippen molar-refractivity contribution in [2.75, 3.05) is 13.7 Å². The summed E-state index contributed by atoms with van der Waals surface area (Å²) in [7, 11) is -2.20. The number of sulfonamides is 1. The van der Waals surface area contributed by atoms with E-state index in [2.05, 4.69) is 16.6 Å². The number of allylic oxidation sites excluding steroid dienone is 2. The van der Waals surface area contributed by atoms with Gasteiger partial charge in [0.2, 0.25) is 27.7 Å². The van der Waals surface area contributed by atoms with E-state index in [4.69, 9.17) is 15.2 Å². The number of ketones is 1. The Bertz CT molecular complexity index is 1670. The Labute approximate surface area is 276 Å². The zero-order valence-corrected chi connectivity index (χ0v) is 28.2. The minimum Gasteiger partial charge on any atom is -0.497 e. The number of ether oxygens (including phenoxy) is 2. The molecule has 254 valence electrons. The first-order chi connectivity index (χ1) is 22.5. The fourth-order valence-electron chi connectivity index (χ4n) is 7.43. The van der Waals surface area contributed by atoms with Crippen LogP contribution in [0, 0.1) is 23.2 Å². The van der Waals surface area contributed by atoms with Crippen molar-refractivity contribution in [3.63, 3.8) is 0 Å². The summed E-state index contributed by atoms with van der Waals surface area (Å²) < 4.78 is 39.6. The lowest BCUT2D eigenvalue weighted by atomic mass is 9.85. The maximum absolute atomic E-state index is 14.3. The third-order valence-corrected chi connectivity index (χ3v) is 12.4. The Morgan fingerprint density at radius 3 is 2.68 bits per heavy atom. The van der Waals surface area contributed by atoms with Gasteiger partial charge in [-0.3, -0.25) is 19.1 Å². The topological polar surface area (TPSA) is 158 Å². The molecular formula is C35H46N4O7S. The highest BCUT2D eigenvalue weighted by molar-refractivity contribution is 7.90. The second-order valence-corrected chi connectivity index (χ2v) is 16.0. The molecule has 1 aromatic heterocycles. The van der Waals surface area contributed by atoms with Crippen molar-refractivity contribution in [1.82, 2.24) is 14.6 Å². The second-order valence-electron chi connectivity index (χ2n) is 14.0. The first-order valence-corrected chi connectivity index (χ1v) is 18.4. The molecule has 4 aliphatic rings. The van der Waals surface area contributed by atoms with E-state index in [1.165, 1.54) is 0 Å². The number of aromatic nitrogens is 1. The highest BCUT2D eigenvalue weighted by Crippen LogP contribution is 2.57. The van der Waals surface area contributed by atoms with Gasteiger partial charge in [0.1, 0.15) is 11.9 Å². The maximum atomic E-state index is 14.3. The largest absolute Gasteiger partial charge is 0.497 e. The molecule has 3 fully saturated rings. The summed E-state index contributed by atoms with van der Waals surface area (Å²) in [5.74, 6) is -0.160. The first kappa shape index (κ1) is 33.4. The average Bonchev–Trinajstić information content (AvgIpc) is 3.98. The fourth-order valence-corrected chi connectivity index (χ4v) is 8.81. The normalized spacial score (nSPS) is 32.5. The SMILES string of the molecule is CC[C@@H]1C[C@H](C)CC/C=C\[C@@H]2C[C@@]2(C(=O)NS(=O)(=O)C2CC2)CC(=O)[C@@H]2C[C@@H](Oc3nccc4cc(OC)ccc34)CN2C(=O)[C@H]1N. The van der Waals surface area contributed by atoms with Gasteiger partial charge in [-0.05, 0) is 85.9 Å². The lowest BCUT2D eigenvalue weighted by Gasteiger charge is -2.31. The van der Waals surface area contributed by atoms with Gasteiger partial charge in [0.15, 0.2) is 5.78 Å². The number of fused-ring (bicyclic) bond motifs is 3. The molecule has 2 aliphatic heterocycles. The number of carbonyl (C=O) groups excluding carboxylic acids is 3. The van der Waals surface area contributed by atoms with Gasteiger partial charge in [0, 0.05) is 24.4 Å². The molecule has 7 atom stereocenters. The summed E-state index contributed by atoms with van der Waals surface area (Å²) in [5, 5.41) is 1.08. The minimum absolute atomic E-state index is 0.0600. The molecule has 2 amide bonds.